The van der Waals surface area contributed by atoms with Crippen LogP contribution in [0.2, 0.25) is 0 Å². The lowest BCUT2D eigenvalue weighted by atomic mass is 9.92. The summed E-state index contributed by atoms with van der Waals surface area (Å²) in [6.07, 6.45) is 2.65. The van der Waals surface area contributed by atoms with Gasteiger partial charge < -0.3 is 9.84 Å². The number of pyridine rings is 1. The summed E-state index contributed by atoms with van der Waals surface area (Å²) in [5.41, 5.74) is -0.0407. The fourth-order valence-corrected chi connectivity index (χ4v) is 3.18. The highest BCUT2D eigenvalue weighted by molar-refractivity contribution is 6.03. The minimum Gasteiger partial charge on any atom is -0.501 e. The molecule has 1 N–H and O–H groups in total. The van der Waals surface area contributed by atoms with E-state index in [1.807, 2.05) is 30.3 Å². The fourth-order valence-electron chi connectivity index (χ4n) is 3.18. The van der Waals surface area contributed by atoms with Gasteiger partial charge in [-0.15, -0.1) is 0 Å². The van der Waals surface area contributed by atoms with Crippen LogP contribution < -0.4 is 0 Å². The van der Waals surface area contributed by atoms with E-state index < -0.39 is 17.1 Å². The molecule has 1 saturated heterocycles. The van der Waals surface area contributed by atoms with Crippen LogP contribution in [0.15, 0.2) is 48.2 Å². The Morgan fingerprint density at radius 3 is 2.83 bits per heavy atom. The van der Waals surface area contributed by atoms with Crippen LogP contribution in [0.5, 0.6) is 0 Å². The molecule has 1 fully saturated rings. The molecular formula is C18H16N2O4. The van der Waals surface area contributed by atoms with Gasteiger partial charge in [-0.05, 0) is 25.5 Å². The number of benzene rings is 1. The van der Waals surface area contributed by atoms with Gasteiger partial charge in [0, 0.05) is 30.1 Å². The van der Waals surface area contributed by atoms with Gasteiger partial charge in [0.05, 0.1) is 5.52 Å². The molecule has 0 spiro atoms. The summed E-state index contributed by atoms with van der Waals surface area (Å²) in [6, 6.07) is 9.37. The molecule has 0 radical (unpaired) electrons. The third-order valence-corrected chi connectivity index (χ3v) is 4.61. The second-order valence-corrected chi connectivity index (χ2v) is 6.18. The van der Waals surface area contributed by atoms with Gasteiger partial charge in [-0.3, -0.25) is 19.5 Å². The molecule has 6 nitrogen and oxygen atoms in total. The molecule has 0 aliphatic carbocycles. The average molecular weight is 324 g/mol. The summed E-state index contributed by atoms with van der Waals surface area (Å²) < 4.78 is 5.81. The Kier molecular flexibility index (Phi) is 3.09. The first-order valence-electron chi connectivity index (χ1n) is 7.83. The van der Waals surface area contributed by atoms with Crippen LogP contribution in [0.3, 0.4) is 0 Å². The molecular weight excluding hydrogens is 308 g/mol. The largest absolute Gasteiger partial charge is 0.501 e. The number of carbonyl (C=O) groups excluding carboxylic acids is 2. The normalized spacial score (nSPS) is 24.1. The number of para-hydroxylation sites is 1. The van der Waals surface area contributed by atoms with Gasteiger partial charge in [0.25, 0.3) is 5.78 Å². The number of aliphatic hydroxyl groups is 1. The number of carbonyl (C=O) groups is 2. The van der Waals surface area contributed by atoms with Crippen LogP contribution in [-0.4, -0.2) is 33.2 Å². The predicted octanol–water partition coefficient (Wildman–Crippen LogP) is 2.40. The summed E-state index contributed by atoms with van der Waals surface area (Å²) in [5, 5.41) is 11.1. The molecule has 1 aromatic heterocycles. The maximum atomic E-state index is 12.6. The number of amides is 1. The Balaban J connectivity index is 1.75. The van der Waals surface area contributed by atoms with Crippen molar-refractivity contribution in [3.8, 4) is 0 Å². The number of Topliss-reactive ketones (excluding diaryl/α,β-unsaturated/α-hetero) is 1. The molecule has 24 heavy (non-hydrogen) atoms. The summed E-state index contributed by atoms with van der Waals surface area (Å²) in [7, 11) is 0. The zero-order chi connectivity index (χ0) is 16.9. The number of likely N-dealkylation sites (tertiary alicyclic amines) is 1. The number of fused-ring (bicyclic) bond motifs is 1. The number of aromatic nitrogens is 1. The fraction of sp³-hybridized carbons (Fsp3) is 0.278. The molecule has 0 saturated carbocycles. The zero-order valence-electron chi connectivity index (χ0n) is 13.2. The summed E-state index contributed by atoms with van der Waals surface area (Å²) in [4.78, 5) is 30.2. The maximum absolute atomic E-state index is 12.6. The number of hydrogen-bond donors (Lipinski definition) is 1. The molecule has 2 aromatic rings. The summed E-state index contributed by atoms with van der Waals surface area (Å²) in [5.74, 6) is -1.25. The SMILES string of the molecule is CC1(c2cnc3ccccc3c2)OC(N2CCCC2=O)=C(O)C1=O. The van der Waals surface area contributed by atoms with E-state index in [1.54, 1.807) is 13.1 Å². The second kappa shape index (κ2) is 5.06. The quantitative estimate of drug-likeness (QED) is 0.917. The second-order valence-electron chi connectivity index (χ2n) is 6.18. The number of ketones is 1. The summed E-state index contributed by atoms with van der Waals surface area (Å²) in [6.45, 7) is 2.03. The lowest BCUT2D eigenvalue weighted by molar-refractivity contribution is -0.136. The van der Waals surface area contributed by atoms with Crippen LogP contribution in [0, 0.1) is 0 Å². The van der Waals surface area contributed by atoms with Gasteiger partial charge in [0.15, 0.2) is 0 Å². The number of ether oxygens (including phenoxy) is 1. The van der Waals surface area contributed by atoms with E-state index in [4.69, 9.17) is 4.74 Å². The monoisotopic (exact) mass is 324 g/mol. The highest BCUT2D eigenvalue weighted by atomic mass is 16.5. The molecule has 1 amide bonds. The average Bonchev–Trinajstić information content (AvgIpc) is 3.12. The van der Waals surface area contributed by atoms with E-state index in [0.717, 1.165) is 10.9 Å². The molecule has 0 bridgehead atoms. The van der Waals surface area contributed by atoms with Crippen LogP contribution in [0.1, 0.15) is 25.3 Å². The minimum absolute atomic E-state index is 0.0434. The van der Waals surface area contributed by atoms with E-state index in [9.17, 15) is 14.7 Å². The smallest absolute Gasteiger partial charge is 0.250 e. The molecule has 4 rings (SSSR count). The predicted molar refractivity (Wildman–Crippen MR) is 85.8 cm³/mol. The van der Waals surface area contributed by atoms with Crippen molar-refractivity contribution in [2.45, 2.75) is 25.4 Å². The van der Waals surface area contributed by atoms with E-state index in [1.165, 1.54) is 4.90 Å². The van der Waals surface area contributed by atoms with Crippen molar-refractivity contribution in [3.63, 3.8) is 0 Å². The topological polar surface area (TPSA) is 79.7 Å². The van der Waals surface area contributed by atoms with Gasteiger partial charge in [-0.25, -0.2) is 0 Å². The highest BCUT2D eigenvalue weighted by Crippen LogP contribution is 2.40. The van der Waals surface area contributed by atoms with E-state index in [0.29, 0.717) is 24.9 Å². The van der Waals surface area contributed by atoms with Crippen molar-refractivity contribution < 1.29 is 19.4 Å². The molecule has 6 heteroatoms. The van der Waals surface area contributed by atoms with E-state index in [2.05, 4.69) is 4.98 Å². The molecule has 3 heterocycles. The molecule has 2 aliphatic rings. The molecule has 2 aliphatic heterocycles. The molecule has 1 atom stereocenters. The molecule has 122 valence electrons. The molecule has 1 aromatic carbocycles. The zero-order valence-corrected chi connectivity index (χ0v) is 13.2. The van der Waals surface area contributed by atoms with Crippen LogP contribution in [-0.2, 0) is 19.9 Å². The van der Waals surface area contributed by atoms with Gasteiger partial charge in [-0.1, -0.05) is 18.2 Å². The number of hydrogen-bond acceptors (Lipinski definition) is 5. The number of nitrogens with zero attached hydrogens (tertiary/aromatic N) is 2. The first-order valence-corrected chi connectivity index (χ1v) is 7.83. The van der Waals surface area contributed by atoms with Crippen LogP contribution in [0.25, 0.3) is 10.9 Å². The lowest BCUT2D eigenvalue weighted by Gasteiger charge is -2.25. The third kappa shape index (κ3) is 1.99. The van der Waals surface area contributed by atoms with Crippen LogP contribution >= 0.6 is 0 Å². The van der Waals surface area contributed by atoms with Crippen molar-refractivity contribution >= 4 is 22.6 Å². The first kappa shape index (κ1) is 14.7. The van der Waals surface area contributed by atoms with Gasteiger partial charge in [-0.2, -0.15) is 0 Å². The van der Waals surface area contributed by atoms with E-state index in [-0.39, 0.29) is 11.8 Å². The van der Waals surface area contributed by atoms with E-state index >= 15 is 0 Å². The Hall–Kier alpha value is -2.89. The number of rotatable bonds is 2. The summed E-state index contributed by atoms with van der Waals surface area (Å²) >= 11 is 0. The van der Waals surface area contributed by atoms with Gasteiger partial charge >= 0.3 is 0 Å². The first-order chi connectivity index (χ1) is 11.5. The minimum atomic E-state index is -1.39. The van der Waals surface area contributed by atoms with Gasteiger partial charge in [0.2, 0.25) is 23.2 Å². The maximum Gasteiger partial charge on any atom is 0.250 e. The van der Waals surface area contributed by atoms with Crippen LogP contribution in [0.4, 0.5) is 0 Å². The Morgan fingerprint density at radius 1 is 1.29 bits per heavy atom. The third-order valence-electron chi connectivity index (χ3n) is 4.61. The van der Waals surface area contributed by atoms with Crippen molar-refractivity contribution in [1.82, 2.24) is 9.88 Å². The highest BCUT2D eigenvalue weighted by Gasteiger charge is 2.50. The standard InChI is InChI=1S/C18H16N2O4/c1-18(12-9-11-5-2-3-6-13(11)19-10-12)16(23)15(22)17(24-18)20-8-4-7-14(20)21/h2-3,5-6,9-10,22H,4,7-8H2,1H3. The van der Waals surface area contributed by atoms with Crippen molar-refractivity contribution in [3.05, 3.63) is 53.7 Å². The van der Waals surface area contributed by atoms with Crippen molar-refractivity contribution in [2.24, 2.45) is 0 Å². The Labute approximate surface area is 138 Å². The van der Waals surface area contributed by atoms with Crippen molar-refractivity contribution in [2.75, 3.05) is 6.54 Å². The Bertz CT molecular complexity index is 905. The number of aliphatic hydroxyl groups excluding tert-OH is 1. The van der Waals surface area contributed by atoms with Gasteiger partial charge in [0.1, 0.15) is 0 Å². The Morgan fingerprint density at radius 2 is 2.08 bits per heavy atom. The molecule has 1 unspecified atom stereocenters. The van der Waals surface area contributed by atoms with Crippen molar-refractivity contribution in [1.29, 1.82) is 0 Å². The lowest BCUT2D eigenvalue weighted by Crippen LogP contribution is -2.32.